The molecule has 2 unspecified atom stereocenters. The van der Waals surface area contributed by atoms with Gasteiger partial charge in [0.25, 0.3) is 0 Å². The number of amides is 2. The Labute approximate surface area is 156 Å². The van der Waals surface area contributed by atoms with E-state index in [1.54, 1.807) is 19.2 Å². The third kappa shape index (κ3) is 5.12. The molecule has 27 heavy (non-hydrogen) atoms. The summed E-state index contributed by atoms with van der Waals surface area (Å²) in [6.07, 6.45) is -4.38. The molecule has 0 bridgehead atoms. The van der Waals surface area contributed by atoms with Crippen LogP contribution in [0, 0.1) is 0 Å². The van der Waals surface area contributed by atoms with Gasteiger partial charge in [0, 0.05) is 13.1 Å². The summed E-state index contributed by atoms with van der Waals surface area (Å²) in [6.45, 7) is 0.148. The number of benzene rings is 1. The molecule has 1 saturated heterocycles. The van der Waals surface area contributed by atoms with Gasteiger partial charge in [-0.25, -0.2) is 0 Å². The van der Waals surface area contributed by atoms with Gasteiger partial charge in [0.15, 0.2) is 0 Å². The van der Waals surface area contributed by atoms with Crippen molar-refractivity contribution in [1.29, 1.82) is 0 Å². The minimum Gasteiger partial charge on any atom is -0.497 e. The maximum atomic E-state index is 12.7. The zero-order chi connectivity index (χ0) is 20.2. The molecule has 2 amide bonds. The van der Waals surface area contributed by atoms with E-state index >= 15 is 0 Å². The third-order valence-corrected chi connectivity index (χ3v) is 4.65. The lowest BCUT2D eigenvalue weighted by Crippen LogP contribution is -2.51. The molecule has 1 aliphatic rings. The number of ether oxygens (including phenoxy) is 1. The van der Waals surface area contributed by atoms with Crippen molar-refractivity contribution in [3.8, 4) is 5.75 Å². The molecule has 1 aromatic carbocycles. The normalized spacial score (nSPS) is 18.5. The molecular weight excluding hydrogens is 363 g/mol. The SMILES string of the molecule is COc1ccc(C(CNC(=O)C2CCCN2C(=O)C(F)(F)F)N(C)C)cc1. The van der Waals surface area contributed by atoms with E-state index in [1.807, 2.05) is 31.1 Å². The topological polar surface area (TPSA) is 61.9 Å². The highest BCUT2D eigenvalue weighted by Gasteiger charge is 2.47. The van der Waals surface area contributed by atoms with Crippen molar-refractivity contribution < 1.29 is 27.5 Å². The molecule has 1 aliphatic heterocycles. The quantitative estimate of drug-likeness (QED) is 0.811. The van der Waals surface area contributed by atoms with E-state index in [-0.39, 0.29) is 25.6 Å². The van der Waals surface area contributed by atoms with Crippen LogP contribution in [-0.4, -0.2) is 68.1 Å². The fourth-order valence-electron chi connectivity index (χ4n) is 3.18. The highest BCUT2D eigenvalue weighted by atomic mass is 19.4. The molecule has 6 nitrogen and oxygen atoms in total. The molecule has 0 aromatic heterocycles. The maximum absolute atomic E-state index is 12.7. The Balaban J connectivity index is 2.03. The monoisotopic (exact) mass is 387 g/mol. The van der Waals surface area contributed by atoms with E-state index in [0.717, 1.165) is 5.56 Å². The molecule has 2 rings (SSSR count). The largest absolute Gasteiger partial charge is 0.497 e. The number of hydrogen-bond acceptors (Lipinski definition) is 4. The molecule has 2 atom stereocenters. The Morgan fingerprint density at radius 1 is 1.30 bits per heavy atom. The number of alkyl halides is 3. The molecule has 1 aromatic rings. The number of hydrogen-bond donors (Lipinski definition) is 1. The first-order valence-corrected chi connectivity index (χ1v) is 8.61. The summed E-state index contributed by atoms with van der Waals surface area (Å²) < 4.78 is 43.2. The maximum Gasteiger partial charge on any atom is 0.471 e. The summed E-state index contributed by atoms with van der Waals surface area (Å²) in [5, 5.41) is 2.70. The minimum atomic E-state index is -4.97. The van der Waals surface area contributed by atoms with Crippen LogP contribution in [0.2, 0.25) is 0 Å². The Morgan fingerprint density at radius 2 is 1.93 bits per heavy atom. The number of halogens is 3. The van der Waals surface area contributed by atoms with Crippen LogP contribution >= 0.6 is 0 Å². The average molecular weight is 387 g/mol. The second kappa shape index (κ2) is 8.60. The van der Waals surface area contributed by atoms with Crippen LogP contribution in [0.4, 0.5) is 13.2 Å². The average Bonchev–Trinajstić information content (AvgIpc) is 3.10. The van der Waals surface area contributed by atoms with E-state index in [4.69, 9.17) is 4.74 Å². The first-order chi connectivity index (χ1) is 12.6. The summed E-state index contributed by atoms with van der Waals surface area (Å²) in [5.41, 5.74) is 0.927. The second-order valence-corrected chi connectivity index (χ2v) is 6.65. The van der Waals surface area contributed by atoms with Gasteiger partial charge in [0.2, 0.25) is 5.91 Å². The fraction of sp³-hybridized carbons (Fsp3) is 0.556. The van der Waals surface area contributed by atoms with Gasteiger partial charge in [-0.3, -0.25) is 9.59 Å². The molecule has 0 saturated carbocycles. The number of nitrogens with zero attached hydrogens (tertiary/aromatic N) is 2. The fourth-order valence-corrected chi connectivity index (χ4v) is 3.18. The van der Waals surface area contributed by atoms with Crippen LogP contribution in [-0.2, 0) is 9.59 Å². The van der Waals surface area contributed by atoms with Gasteiger partial charge < -0.3 is 19.9 Å². The van der Waals surface area contributed by atoms with E-state index in [2.05, 4.69) is 5.32 Å². The molecule has 1 fully saturated rings. The van der Waals surface area contributed by atoms with Crippen molar-refractivity contribution in [2.75, 3.05) is 34.3 Å². The molecule has 1 N–H and O–H groups in total. The zero-order valence-electron chi connectivity index (χ0n) is 15.5. The lowest BCUT2D eigenvalue weighted by Gasteiger charge is -2.28. The smallest absolute Gasteiger partial charge is 0.471 e. The van der Waals surface area contributed by atoms with Crippen molar-refractivity contribution in [1.82, 2.24) is 15.1 Å². The van der Waals surface area contributed by atoms with Crippen LogP contribution in [0.1, 0.15) is 24.4 Å². The summed E-state index contributed by atoms with van der Waals surface area (Å²) in [6, 6.07) is 6.07. The lowest BCUT2D eigenvalue weighted by atomic mass is 10.1. The van der Waals surface area contributed by atoms with Crippen molar-refractivity contribution >= 4 is 11.8 Å². The molecule has 150 valence electrons. The minimum absolute atomic E-state index is 0.0635. The van der Waals surface area contributed by atoms with Gasteiger partial charge in [-0.15, -0.1) is 0 Å². The zero-order valence-corrected chi connectivity index (χ0v) is 15.5. The summed E-state index contributed by atoms with van der Waals surface area (Å²) in [7, 11) is 5.25. The van der Waals surface area contributed by atoms with Gasteiger partial charge in [-0.05, 0) is 44.6 Å². The Bertz CT molecular complexity index is 662. The van der Waals surface area contributed by atoms with E-state index < -0.39 is 24.0 Å². The van der Waals surface area contributed by atoms with Crippen LogP contribution < -0.4 is 10.1 Å². The Morgan fingerprint density at radius 3 is 2.44 bits per heavy atom. The van der Waals surface area contributed by atoms with Crippen LogP contribution in [0.25, 0.3) is 0 Å². The summed E-state index contributed by atoms with van der Waals surface area (Å²) in [5.74, 6) is -1.82. The summed E-state index contributed by atoms with van der Waals surface area (Å²) >= 11 is 0. The van der Waals surface area contributed by atoms with Crippen LogP contribution in [0.15, 0.2) is 24.3 Å². The van der Waals surface area contributed by atoms with E-state index in [1.165, 1.54) is 0 Å². The Kier molecular flexibility index (Phi) is 6.69. The van der Waals surface area contributed by atoms with Crippen LogP contribution in [0.3, 0.4) is 0 Å². The molecule has 9 heteroatoms. The molecule has 0 radical (unpaired) electrons. The van der Waals surface area contributed by atoms with Gasteiger partial charge in [-0.2, -0.15) is 13.2 Å². The second-order valence-electron chi connectivity index (χ2n) is 6.65. The number of nitrogens with one attached hydrogen (secondary N) is 1. The standard InChI is InChI=1S/C18H24F3N3O3/c1-23(2)15(12-6-8-13(27-3)9-7-12)11-22-16(25)14-5-4-10-24(14)17(26)18(19,20)21/h6-9,14-15H,4-5,10-11H2,1-3H3,(H,22,25). The third-order valence-electron chi connectivity index (χ3n) is 4.65. The Hall–Kier alpha value is -2.29. The predicted molar refractivity (Wildman–Crippen MR) is 93.2 cm³/mol. The first-order valence-electron chi connectivity index (χ1n) is 8.61. The number of methoxy groups -OCH3 is 1. The van der Waals surface area contributed by atoms with Crippen molar-refractivity contribution in [3.63, 3.8) is 0 Å². The lowest BCUT2D eigenvalue weighted by molar-refractivity contribution is -0.186. The van der Waals surface area contributed by atoms with E-state index in [9.17, 15) is 22.8 Å². The highest BCUT2D eigenvalue weighted by Crippen LogP contribution is 2.26. The van der Waals surface area contributed by atoms with E-state index in [0.29, 0.717) is 17.1 Å². The van der Waals surface area contributed by atoms with Crippen molar-refractivity contribution in [3.05, 3.63) is 29.8 Å². The first kappa shape index (κ1) is 21.0. The molecule has 0 aliphatic carbocycles. The van der Waals surface area contributed by atoms with Crippen molar-refractivity contribution in [2.24, 2.45) is 0 Å². The van der Waals surface area contributed by atoms with Gasteiger partial charge in [0.1, 0.15) is 11.8 Å². The van der Waals surface area contributed by atoms with Gasteiger partial charge in [-0.1, -0.05) is 12.1 Å². The van der Waals surface area contributed by atoms with Crippen molar-refractivity contribution in [2.45, 2.75) is 31.1 Å². The number of carbonyl (C=O) groups excluding carboxylic acids is 2. The molecule has 0 spiro atoms. The number of carbonyl (C=O) groups is 2. The number of likely N-dealkylation sites (tertiary alicyclic amines) is 1. The van der Waals surface area contributed by atoms with Crippen LogP contribution in [0.5, 0.6) is 5.75 Å². The van der Waals surface area contributed by atoms with Gasteiger partial charge in [0.05, 0.1) is 13.2 Å². The predicted octanol–water partition coefficient (Wildman–Crippen LogP) is 1.97. The summed E-state index contributed by atoms with van der Waals surface area (Å²) in [4.78, 5) is 26.5. The highest BCUT2D eigenvalue weighted by molar-refractivity contribution is 5.90. The number of likely N-dealkylation sites (N-methyl/N-ethyl adjacent to an activating group) is 1. The van der Waals surface area contributed by atoms with Gasteiger partial charge >= 0.3 is 12.1 Å². The molecule has 1 heterocycles. The molecular formula is C18H24F3N3O3. The number of rotatable bonds is 6.